The van der Waals surface area contributed by atoms with E-state index in [-0.39, 0.29) is 0 Å². The number of halogens is 1. The van der Waals surface area contributed by atoms with E-state index in [2.05, 4.69) is 34.1 Å². The van der Waals surface area contributed by atoms with Crippen molar-refractivity contribution >= 4 is 27.7 Å². The lowest BCUT2D eigenvalue weighted by Crippen LogP contribution is -1.98. The molecule has 2 nitrogen and oxygen atoms in total. The standard InChI is InChI=1S/C15H16BrNOS/c1-18-15-6-5-11(9-17)7-12(15)10-19-14-4-2-3-13(16)8-14/h2-8H,9-10,17H2,1H3. The number of benzene rings is 2. The first-order valence-corrected chi connectivity index (χ1v) is 7.75. The Morgan fingerprint density at radius 2 is 2.05 bits per heavy atom. The van der Waals surface area contributed by atoms with Crippen LogP contribution in [0.2, 0.25) is 0 Å². The second-order valence-corrected chi connectivity index (χ2v) is 6.06. The smallest absolute Gasteiger partial charge is 0.122 e. The maximum absolute atomic E-state index is 5.68. The summed E-state index contributed by atoms with van der Waals surface area (Å²) in [6, 6.07) is 14.4. The summed E-state index contributed by atoms with van der Waals surface area (Å²) in [4.78, 5) is 1.23. The topological polar surface area (TPSA) is 35.2 Å². The lowest BCUT2D eigenvalue weighted by Gasteiger charge is -2.10. The maximum atomic E-state index is 5.68. The summed E-state index contributed by atoms with van der Waals surface area (Å²) in [6.07, 6.45) is 0. The van der Waals surface area contributed by atoms with Gasteiger partial charge in [0.25, 0.3) is 0 Å². The van der Waals surface area contributed by atoms with Crippen LogP contribution < -0.4 is 10.5 Å². The number of thioether (sulfide) groups is 1. The molecule has 0 atom stereocenters. The molecule has 0 bridgehead atoms. The first-order valence-electron chi connectivity index (χ1n) is 5.97. The van der Waals surface area contributed by atoms with Gasteiger partial charge in [0.2, 0.25) is 0 Å². The highest BCUT2D eigenvalue weighted by molar-refractivity contribution is 9.10. The van der Waals surface area contributed by atoms with Crippen molar-refractivity contribution in [1.82, 2.24) is 0 Å². The van der Waals surface area contributed by atoms with Crippen molar-refractivity contribution in [3.63, 3.8) is 0 Å². The largest absolute Gasteiger partial charge is 0.496 e. The molecule has 4 heteroatoms. The van der Waals surface area contributed by atoms with Crippen LogP contribution in [0, 0.1) is 0 Å². The molecule has 0 aromatic heterocycles. The second-order valence-electron chi connectivity index (χ2n) is 4.10. The Hall–Kier alpha value is -0.970. The second kappa shape index (κ2) is 6.98. The summed E-state index contributed by atoms with van der Waals surface area (Å²) >= 11 is 5.27. The van der Waals surface area contributed by atoms with Gasteiger partial charge in [0.15, 0.2) is 0 Å². The zero-order valence-corrected chi connectivity index (χ0v) is 13.1. The number of methoxy groups -OCH3 is 1. The van der Waals surface area contributed by atoms with Crippen LogP contribution in [0.15, 0.2) is 51.8 Å². The Bertz CT molecular complexity index is 560. The molecule has 0 saturated heterocycles. The molecular weight excluding hydrogens is 322 g/mol. The first kappa shape index (κ1) is 14.4. The molecule has 0 fully saturated rings. The summed E-state index contributed by atoms with van der Waals surface area (Å²) in [6.45, 7) is 0.554. The third-order valence-corrected chi connectivity index (χ3v) is 4.31. The van der Waals surface area contributed by atoms with E-state index in [1.807, 2.05) is 24.3 Å². The normalized spacial score (nSPS) is 10.5. The lowest BCUT2D eigenvalue weighted by atomic mass is 10.1. The van der Waals surface area contributed by atoms with E-state index in [0.29, 0.717) is 6.54 Å². The molecular formula is C15H16BrNOS. The molecule has 2 aromatic rings. The minimum absolute atomic E-state index is 0.554. The molecule has 0 unspecified atom stereocenters. The highest BCUT2D eigenvalue weighted by Gasteiger charge is 2.05. The lowest BCUT2D eigenvalue weighted by molar-refractivity contribution is 0.411. The Morgan fingerprint density at radius 3 is 2.74 bits per heavy atom. The monoisotopic (exact) mass is 337 g/mol. The Balaban J connectivity index is 2.14. The summed E-state index contributed by atoms with van der Waals surface area (Å²) in [5, 5.41) is 0. The van der Waals surface area contributed by atoms with E-state index < -0.39 is 0 Å². The molecule has 0 aliphatic heterocycles. The summed E-state index contributed by atoms with van der Waals surface area (Å²) in [5.74, 6) is 1.78. The van der Waals surface area contributed by atoms with Gasteiger partial charge in [0.1, 0.15) is 5.75 Å². The average molecular weight is 338 g/mol. The van der Waals surface area contributed by atoms with Gasteiger partial charge in [0.05, 0.1) is 7.11 Å². The van der Waals surface area contributed by atoms with E-state index in [4.69, 9.17) is 10.5 Å². The predicted molar refractivity (Wildman–Crippen MR) is 84.6 cm³/mol. The van der Waals surface area contributed by atoms with Gasteiger partial charge in [-0.3, -0.25) is 0 Å². The molecule has 0 aliphatic carbocycles. The fourth-order valence-electron chi connectivity index (χ4n) is 1.79. The van der Waals surface area contributed by atoms with Crippen LogP contribution in [0.25, 0.3) is 0 Å². The minimum atomic E-state index is 0.554. The summed E-state index contributed by atoms with van der Waals surface area (Å²) in [7, 11) is 1.70. The molecule has 100 valence electrons. The molecule has 0 amide bonds. The van der Waals surface area contributed by atoms with Crippen molar-refractivity contribution in [2.24, 2.45) is 5.73 Å². The molecule has 0 heterocycles. The van der Waals surface area contributed by atoms with Crippen LogP contribution in [-0.2, 0) is 12.3 Å². The quantitative estimate of drug-likeness (QED) is 0.830. The number of nitrogens with two attached hydrogens (primary N) is 1. The molecule has 0 aliphatic rings. The van der Waals surface area contributed by atoms with Crippen LogP contribution >= 0.6 is 27.7 Å². The predicted octanol–water partition coefficient (Wildman–Crippen LogP) is 4.21. The van der Waals surface area contributed by atoms with Crippen LogP contribution in [0.1, 0.15) is 11.1 Å². The summed E-state index contributed by atoms with van der Waals surface area (Å²) < 4.78 is 6.49. The number of hydrogen-bond donors (Lipinski definition) is 1. The van der Waals surface area contributed by atoms with Crippen LogP contribution in [0.4, 0.5) is 0 Å². The van der Waals surface area contributed by atoms with Gasteiger partial charge in [-0.05, 0) is 35.9 Å². The Labute approximate surface area is 126 Å². The molecule has 0 saturated carbocycles. The molecule has 2 N–H and O–H groups in total. The van der Waals surface area contributed by atoms with Gasteiger partial charge < -0.3 is 10.5 Å². The van der Waals surface area contributed by atoms with Crippen LogP contribution in [-0.4, -0.2) is 7.11 Å². The van der Waals surface area contributed by atoms with E-state index in [0.717, 1.165) is 21.5 Å². The third kappa shape index (κ3) is 4.00. The molecule has 2 aromatic carbocycles. The fourth-order valence-corrected chi connectivity index (χ4v) is 3.27. The number of rotatable bonds is 5. The molecule has 19 heavy (non-hydrogen) atoms. The van der Waals surface area contributed by atoms with Crippen molar-refractivity contribution in [3.8, 4) is 5.75 Å². The van der Waals surface area contributed by atoms with Crippen LogP contribution in [0.5, 0.6) is 5.75 Å². The van der Waals surface area contributed by atoms with E-state index in [9.17, 15) is 0 Å². The molecule has 0 spiro atoms. The zero-order chi connectivity index (χ0) is 13.7. The molecule has 0 radical (unpaired) electrons. The Kier molecular flexibility index (Phi) is 5.31. The van der Waals surface area contributed by atoms with Crippen molar-refractivity contribution in [2.45, 2.75) is 17.2 Å². The van der Waals surface area contributed by atoms with Gasteiger partial charge in [-0.2, -0.15) is 0 Å². The fraction of sp³-hybridized carbons (Fsp3) is 0.200. The van der Waals surface area contributed by atoms with Crippen molar-refractivity contribution < 1.29 is 4.74 Å². The van der Waals surface area contributed by atoms with Gasteiger partial charge in [-0.1, -0.05) is 28.1 Å². The Morgan fingerprint density at radius 1 is 1.21 bits per heavy atom. The highest BCUT2D eigenvalue weighted by Crippen LogP contribution is 2.30. The maximum Gasteiger partial charge on any atom is 0.122 e. The third-order valence-electron chi connectivity index (χ3n) is 2.77. The van der Waals surface area contributed by atoms with Crippen molar-refractivity contribution in [1.29, 1.82) is 0 Å². The van der Waals surface area contributed by atoms with Gasteiger partial charge in [0, 0.05) is 27.2 Å². The van der Waals surface area contributed by atoms with E-state index in [1.54, 1.807) is 18.9 Å². The van der Waals surface area contributed by atoms with Crippen molar-refractivity contribution in [3.05, 3.63) is 58.1 Å². The minimum Gasteiger partial charge on any atom is -0.496 e. The van der Waals surface area contributed by atoms with Gasteiger partial charge >= 0.3 is 0 Å². The van der Waals surface area contributed by atoms with E-state index in [1.165, 1.54) is 10.5 Å². The zero-order valence-electron chi connectivity index (χ0n) is 10.7. The van der Waals surface area contributed by atoms with Gasteiger partial charge in [-0.15, -0.1) is 11.8 Å². The van der Waals surface area contributed by atoms with Crippen molar-refractivity contribution in [2.75, 3.05) is 7.11 Å². The number of hydrogen-bond acceptors (Lipinski definition) is 3. The number of ether oxygens (including phenoxy) is 1. The first-order chi connectivity index (χ1) is 9.22. The molecule has 2 rings (SSSR count). The van der Waals surface area contributed by atoms with Gasteiger partial charge in [-0.25, -0.2) is 0 Å². The highest BCUT2D eigenvalue weighted by atomic mass is 79.9. The average Bonchev–Trinajstić information content (AvgIpc) is 2.45. The van der Waals surface area contributed by atoms with Crippen LogP contribution in [0.3, 0.4) is 0 Å². The SMILES string of the molecule is COc1ccc(CN)cc1CSc1cccc(Br)c1. The van der Waals surface area contributed by atoms with E-state index >= 15 is 0 Å². The summed E-state index contributed by atoms with van der Waals surface area (Å²) in [5.41, 5.74) is 7.99.